The molecule has 0 spiro atoms. The van der Waals surface area contributed by atoms with Crippen LogP contribution in [0.5, 0.6) is 11.5 Å². The van der Waals surface area contributed by atoms with Gasteiger partial charge in [-0.3, -0.25) is 19.2 Å². The smallest absolute Gasteiger partial charge is 0.314 e. The number of carboxylic acids is 1. The maximum atomic E-state index is 12.4. The minimum absolute atomic E-state index is 0.211. The van der Waals surface area contributed by atoms with Crippen molar-refractivity contribution in [1.29, 1.82) is 0 Å². The summed E-state index contributed by atoms with van der Waals surface area (Å²) in [6.07, 6.45) is 4.26. The van der Waals surface area contributed by atoms with Crippen molar-refractivity contribution in [2.45, 2.75) is 64.4 Å². The Kier molecular flexibility index (Phi) is 7.65. The average Bonchev–Trinajstić information content (AvgIpc) is 2.75. The van der Waals surface area contributed by atoms with E-state index in [4.69, 9.17) is 19.3 Å². The van der Waals surface area contributed by atoms with E-state index in [0.717, 1.165) is 0 Å². The van der Waals surface area contributed by atoms with Gasteiger partial charge in [0.15, 0.2) is 0 Å². The van der Waals surface area contributed by atoms with E-state index < -0.39 is 11.9 Å². The van der Waals surface area contributed by atoms with Crippen molar-refractivity contribution in [3.05, 3.63) is 24.3 Å². The normalized spacial score (nSPS) is 25.8. The van der Waals surface area contributed by atoms with E-state index in [-0.39, 0.29) is 35.8 Å². The summed E-state index contributed by atoms with van der Waals surface area (Å²) in [5.74, 6) is -1.87. The monoisotopic (exact) mass is 432 g/mol. The second-order valence-electron chi connectivity index (χ2n) is 8.28. The second kappa shape index (κ2) is 10.4. The van der Waals surface area contributed by atoms with Gasteiger partial charge in [-0.15, -0.1) is 0 Å². The molecule has 1 aromatic rings. The first-order chi connectivity index (χ1) is 14.8. The lowest BCUT2D eigenvalue weighted by Gasteiger charge is -2.30. The third kappa shape index (κ3) is 6.54. The molecule has 0 aliphatic heterocycles. The van der Waals surface area contributed by atoms with Crippen LogP contribution in [0.2, 0.25) is 0 Å². The summed E-state index contributed by atoms with van der Waals surface area (Å²) in [6.45, 7) is 1.31. The molecule has 2 fully saturated rings. The Morgan fingerprint density at radius 2 is 1.16 bits per heavy atom. The highest BCUT2D eigenvalue weighted by atomic mass is 16.5. The molecule has 1 N–H and O–H groups in total. The van der Waals surface area contributed by atoms with Gasteiger partial charge in [0.2, 0.25) is 0 Å². The maximum absolute atomic E-state index is 12.4. The molecule has 0 unspecified atom stereocenters. The van der Waals surface area contributed by atoms with Crippen molar-refractivity contribution < 1.29 is 38.5 Å². The third-order valence-corrected chi connectivity index (χ3v) is 6.00. The van der Waals surface area contributed by atoms with Crippen LogP contribution >= 0.6 is 0 Å². The van der Waals surface area contributed by atoms with E-state index in [1.54, 1.807) is 24.3 Å². The molecule has 0 bridgehead atoms. The van der Waals surface area contributed by atoms with E-state index in [0.29, 0.717) is 62.9 Å². The van der Waals surface area contributed by atoms with Gasteiger partial charge in [-0.25, -0.2) is 0 Å². The summed E-state index contributed by atoms with van der Waals surface area (Å²) < 4.78 is 16.0. The number of hydrogen-bond donors (Lipinski definition) is 1. The molecular weight excluding hydrogens is 404 g/mol. The number of ether oxygens (including phenoxy) is 3. The Labute approximate surface area is 180 Å². The minimum atomic E-state index is -0.794. The Balaban J connectivity index is 1.40. The number of rotatable bonds is 6. The maximum Gasteiger partial charge on any atom is 0.314 e. The first-order valence-electron chi connectivity index (χ1n) is 10.7. The molecule has 3 rings (SSSR count). The molecule has 2 saturated carbocycles. The lowest BCUT2D eigenvalue weighted by Crippen LogP contribution is -2.33. The van der Waals surface area contributed by atoms with E-state index >= 15 is 0 Å². The van der Waals surface area contributed by atoms with E-state index in [1.165, 1.54) is 6.92 Å². The van der Waals surface area contributed by atoms with Gasteiger partial charge < -0.3 is 19.3 Å². The number of carbonyl (C=O) groups is 4. The first kappa shape index (κ1) is 22.8. The summed E-state index contributed by atoms with van der Waals surface area (Å²) in [6, 6.07) is 6.26. The second-order valence-corrected chi connectivity index (χ2v) is 8.28. The van der Waals surface area contributed by atoms with Crippen molar-refractivity contribution in [2.24, 2.45) is 17.8 Å². The quantitative estimate of drug-likeness (QED) is 0.536. The molecule has 31 heavy (non-hydrogen) atoms. The molecule has 0 heterocycles. The summed E-state index contributed by atoms with van der Waals surface area (Å²) >= 11 is 0. The molecule has 2 aliphatic carbocycles. The highest BCUT2D eigenvalue weighted by Crippen LogP contribution is 2.32. The summed E-state index contributed by atoms with van der Waals surface area (Å²) in [5.41, 5.74) is 0. The predicted octanol–water partition coefficient (Wildman–Crippen LogP) is 3.51. The van der Waals surface area contributed by atoms with Gasteiger partial charge in [0, 0.05) is 6.92 Å². The van der Waals surface area contributed by atoms with Crippen LogP contribution in [0.4, 0.5) is 0 Å². The zero-order chi connectivity index (χ0) is 22.4. The zero-order valence-corrected chi connectivity index (χ0v) is 17.6. The number of benzene rings is 1. The number of carbonyl (C=O) groups excluding carboxylic acids is 3. The third-order valence-electron chi connectivity index (χ3n) is 6.00. The molecule has 0 aromatic heterocycles. The van der Waals surface area contributed by atoms with Crippen molar-refractivity contribution in [3.8, 4) is 11.5 Å². The van der Waals surface area contributed by atoms with Crippen molar-refractivity contribution in [2.75, 3.05) is 0 Å². The Morgan fingerprint density at radius 3 is 1.68 bits per heavy atom. The highest BCUT2D eigenvalue weighted by Gasteiger charge is 2.34. The predicted molar refractivity (Wildman–Crippen MR) is 108 cm³/mol. The minimum Gasteiger partial charge on any atom is -0.481 e. The molecule has 168 valence electrons. The molecule has 8 nitrogen and oxygen atoms in total. The first-order valence-corrected chi connectivity index (χ1v) is 10.7. The van der Waals surface area contributed by atoms with Gasteiger partial charge in [0.25, 0.3) is 0 Å². The van der Waals surface area contributed by atoms with Gasteiger partial charge in [-0.2, -0.15) is 0 Å². The standard InChI is InChI=1S/C23H28O8/c1-14(24)29-18-10-12-20(13-11-18)31-23(28)17-6-8-19(9-7-17)30-22(27)16-4-2-15(3-5-16)21(25)26/h10-13,15-17,19H,2-9H2,1H3,(H,25,26). The van der Waals surface area contributed by atoms with Crippen LogP contribution in [0, 0.1) is 17.8 Å². The fourth-order valence-corrected chi connectivity index (χ4v) is 4.19. The molecule has 0 radical (unpaired) electrons. The lowest BCUT2D eigenvalue weighted by molar-refractivity contribution is -0.159. The Morgan fingerprint density at radius 1 is 0.710 bits per heavy atom. The highest BCUT2D eigenvalue weighted by molar-refractivity contribution is 5.76. The number of hydrogen-bond acceptors (Lipinski definition) is 7. The van der Waals surface area contributed by atoms with Crippen molar-refractivity contribution >= 4 is 23.9 Å². The molecule has 2 aliphatic rings. The van der Waals surface area contributed by atoms with Crippen molar-refractivity contribution in [3.63, 3.8) is 0 Å². The summed E-state index contributed by atoms with van der Waals surface area (Å²) in [5, 5.41) is 9.06. The number of aliphatic carboxylic acids is 1. The Bertz CT molecular complexity index is 799. The van der Waals surface area contributed by atoms with E-state index in [1.807, 2.05) is 0 Å². The van der Waals surface area contributed by atoms with E-state index in [9.17, 15) is 19.2 Å². The van der Waals surface area contributed by atoms with Crippen LogP contribution in [0.25, 0.3) is 0 Å². The summed E-state index contributed by atoms with van der Waals surface area (Å²) in [4.78, 5) is 46.8. The van der Waals surface area contributed by atoms with Gasteiger partial charge in [0.1, 0.15) is 17.6 Å². The fraction of sp³-hybridized carbons (Fsp3) is 0.565. The lowest BCUT2D eigenvalue weighted by atomic mass is 9.82. The van der Waals surface area contributed by atoms with E-state index in [2.05, 4.69) is 0 Å². The molecule has 1 aromatic carbocycles. The Hall–Kier alpha value is -2.90. The molecule has 8 heteroatoms. The fourth-order valence-electron chi connectivity index (χ4n) is 4.19. The van der Waals surface area contributed by atoms with Crippen LogP contribution < -0.4 is 9.47 Å². The van der Waals surface area contributed by atoms with Gasteiger partial charge in [0.05, 0.1) is 17.8 Å². The topological polar surface area (TPSA) is 116 Å². The largest absolute Gasteiger partial charge is 0.481 e. The number of esters is 3. The molecule has 0 atom stereocenters. The van der Waals surface area contributed by atoms with Crippen LogP contribution in [0.3, 0.4) is 0 Å². The van der Waals surface area contributed by atoms with Crippen LogP contribution in [0.15, 0.2) is 24.3 Å². The van der Waals surface area contributed by atoms with Gasteiger partial charge in [-0.1, -0.05) is 0 Å². The zero-order valence-electron chi connectivity index (χ0n) is 17.6. The molecule has 0 amide bonds. The molecular formula is C23H28O8. The van der Waals surface area contributed by atoms with Crippen molar-refractivity contribution in [1.82, 2.24) is 0 Å². The summed E-state index contributed by atoms with van der Waals surface area (Å²) in [7, 11) is 0. The van der Waals surface area contributed by atoms with Crippen LogP contribution in [-0.4, -0.2) is 35.1 Å². The average molecular weight is 432 g/mol. The van der Waals surface area contributed by atoms with Gasteiger partial charge >= 0.3 is 23.9 Å². The SMILES string of the molecule is CC(=O)Oc1ccc(OC(=O)C2CCC(OC(=O)C3CCC(C(=O)O)CC3)CC2)cc1. The van der Waals surface area contributed by atoms with Gasteiger partial charge in [-0.05, 0) is 75.6 Å². The van der Waals surface area contributed by atoms with Crippen LogP contribution in [-0.2, 0) is 23.9 Å². The number of carboxylic acid groups (broad SMARTS) is 1. The molecule has 0 saturated heterocycles. The van der Waals surface area contributed by atoms with Crippen LogP contribution in [0.1, 0.15) is 58.3 Å².